The molecule has 0 spiro atoms. The predicted molar refractivity (Wildman–Crippen MR) is 95.0 cm³/mol. The fraction of sp³-hybridized carbons (Fsp3) is 0.444. The molecule has 5 heteroatoms. The largest absolute Gasteiger partial charge is 0.354 e. The van der Waals surface area contributed by atoms with Crippen molar-refractivity contribution in [2.45, 2.75) is 13.0 Å². The minimum Gasteiger partial charge on any atom is -0.354 e. The Morgan fingerprint density at radius 3 is 2.35 bits per heavy atom. The number of rotatable bonds is 4. The van der Waals surface area contributed by atoms with E-state index < -0.39 is 0 Å². The molecule has 1 aromatic heterocycles. The minimum atomic E-state index is 0.459. The number of hydrogen-bond donors (Lipinski definition) is 0. The average Bonchev–Trinajstić information content (AvgIpc) is 2.62. The zero-order valence-electron chi connectivity index (χ0n) is 14.2. The molecule has 23 heavy (non-hydrogen) atoms. The summed E-state index contributed by atoms with van der Waals surface area (Å²) >= 11 is 0. The summed E-state index contributed by atoms with van der Waals surface area (Å²) in [5.74, 6) is 1.79. The van der Waals surface area contributed by atoms with Crippen molar-refractivity contribution in [2.75, 3.05) is 50.1 Å². The normalized spacial score (nSPS) is 17.1. The molecule has 2 aromatic rings. The van der Waals surface area contributed by atoms with Crippen LogP contribution in [0.15, 0.2) is 42.6 Å². The highest BCUT2D eigenvalue weighted by Gasteiger charge is 2.22. The lowest BCUT2D eigenvalue weighted by atomic mass is 10.1. The molecule has 3 rings (SSSR count). The smallest absolute Gasteiger partial charge is 0.226 e. The second-order valence-corrected chi connectivity index (χ2v) is 6.22. The maximum atomic E-state index is 4.65. The molecule has 1 aromatic carbocycles. The molecule has 2 heterocycles. The van der Waals surface area contributed by atoms with Crippen LogP contribution in [0.2, 0.25) is 0 Å². The van der Waals surface area contributed by atoms with Gasteiger partial charge < -0.3 is 9.80 Å². The van der Waals surface area contributed by atoms with E-state index in [2.05, 4.69) is 57.0 Å². The van der Waals surface area contributed by atoms with E-state index in [1.54, 1.807) is 0 Å². The van der Waals surface area contributed by atoms with Crippen molar-refractivity contribution in [3.05, 3.63) is 48.2 Å². The van der Waals surface area contributed by atoms with E-state index in [1.807, 2.05) is 31.3 Å². The van der Waals surface area contributed by atoms with E-state index in [0.717, 1.165) is 37.9 Å². The lowest BCUT2D eigenvalue weighted by Gasteiger charge is -2.38. The Morgan fingerprint density at radius 2 is 1.70 bits per heavy atom. The number of hydrogen-bond acceptors (Lipinski definition) is 5. The first-order valence-electron chi connectivity index (χ1n) is 8.19. The molecule has 122 valence electrons. The van der Waals surface area contributed by atoms with Crippen LogP contribution in [0.25, 0.3) is 0 Å². The van der Waals surface area contributed by atoms with Crippen LogP contribution in [0.5, 0.6) is 0 Å². The maximum Gasteiger partial charge on any atom is 0.226 e. The molecule has 1 atom stereocenters. The first-order chi connectivity index (χ1) is 11.1. The van der Waals surface area contributed by atoms with Crippen molar-refractivity contribution in [2.24, 2.45) is 0 Å². The molecule has 1 unspecified atom stereocenters. The predicted octanol–water partition coefficient (Wildman–Crippen LogP) is 2.43. The van der Waals surface area contributed by atoms with Crippen LogP contribution in [-0.4, -0.2) is 55.1 Å². The lowest BCUT2D eigenvalue weighted by molar-refractivity contribution is 0.198. The number of piperazine rings is 1. The average molecular weight is 311 g/mol. The van der Waals surface area contributed by atoms with E-state index >= 15 is 0 Å². The van der Waals surface area contributed by atoms with Gasteiger partial charge in [0.1, 0.15) is 5.82 Å². The molecule has 0 aliphatic carbocycles. The lowest BCUT2D eigenvalue weighted by Crippen LogP contribution is -2.47. The van der Waals surface area contributed by atoms with Gasteiger partial charge in [-0.3, -0.25) is 4.90 Å². The van der Waals surface area contributed by atoms with Gasteiger partial charge in [0.2, 0.25) is 5.95 Å². The van der Waals surface area contributed by atoms with Crippen LogP contribution < -0.4 is 9.80 Å². The third-order valence-electron chi connectivity index (χ3n) is 4.50. The summed E-state index contributed by atoms with van der Waals surface area (Å²) in [7, 11) is 3.94. The van der Waals surface area contributed by atoms with Crippen LogP contribution in [0.4, 0.5) is 11.8 Å². The molecular formula is C18H25N5. The molecule has 1 aliphatic rings. The van der Waals surface area contributed by atoms with Crippen LogP contribution in [0.3, 0.4) is 0 Å². The number of nitrogens with zero attached hydrogens (tertiary/aromatic N) is 5. The molecule has 0 saturated carbocycles. The second-order valence-electron chi connectivity index (χ2n) is 6.22. The van der Waals surface area contributed by atoms with Crippen molar-refractivity contribution in [3.63, 3.8) is 0 Å². The fourth-order valence-corrected chi connectivity index (χ4v) is 3.01. The van der Waals surface area contributed by atoms with E-state index in [4.69, 9.17) is 0 Å². The Bertz CT molecular complexity index is 620. The SMILES string of the molecule is CC(c1ccccc1)N1CCN(c2ccnc(N(C)C)n2)CC1. The summed E-state index contributed by atoms with van der Waals surface area (Å²) in [6.45, 7) is 6.40. The minimum absolute atomic E-state index is 0.459. The molecule has 0 radical (unpaired) electrons. The maximum absolute atomic E-state index is 4.65. The number of benzene rings is 1. The van der Waals surface area contributed by atoms with Gasteiger partial charge in [-0.15, -0.1) is 0 Å². The zero-order valence-corrected chi connectivity index (χ0v) is 14.2. The van der Waals surface area contributed by atoms with E-state index in [9.17, 15) is 0 Å². The molecular weight excluding hydrogens is 286 g/mol. The van der Waals surface area contributed by atoms with Gasteiger partial charge in [-0.05, 0) is 18.6 Å². The van der Waals surface area contributed by atoms with E-state index in [1.165, 1.54) is 5.56 Å². The van der Waals surface area contributed by atoms with Crippen LogP contribution in [-0.2, 0) is 0 Å². The topological polar surface area (TPSA) is 35.5 Å². The summed E-state index contributed by atoms with van der Waals surface area (Å²) in [5, 5.41) is 0. The van der Waals surface area contributed by atoms with Crippen molar-refractivity contribution >= 4 is 11.8 Å². The Morgan fingerprint density at radius 1 is 1.00 bits per heavy atom. The van der Waals surface area contributed by atoms with Crippen LogP contribution >= 0.6 is 0 Å². The number of aromatic nitrogens is 2. The summed E-state index contributed by atoms with van der Waals surface area (Å²) < 4.78 is 0. The molecule has 1 fully saturated rings. The third kappa shape index (κ3) is 3.62. The molecule has 0 amide bonds. The highest BCUT2D eigenvalue weighted by atomic mass is 15.3. The van der Waals surface area contributed by atoms with Gasteiger partial charge in [-0.1, -0.05) is 30.3 Å². The van der Waals surface area contributed by atoms with Gasteiger partial charge in [-0.2, -0.15) is 4.98 Å². The quantitative estimate of drug-likeness (QED) is 0.866. The highest BCUT2D eigenvalue weighted by Crippen LogP contribution is 2.23. The van der Waals surface area contributed by atoms with Crippen molar-refractivity contribution in [1.82, 2.24) is 14.9 Å². The van der Waals surface area contributed by atoms with Gasteiger partial charge in [0.05, 0.1) is 0 Å². The van der Waals surface area contributed by atoms with Crippen LogP contribution in [0.1, 0.15) is 18.5 Å². The summed E-state index contributed by atoms with van der Waals surface area (Å²) in [6.07, 6.45) is 1.84. The Kier molecular flexibility index (Phi) is 4.76. The molecule has 0 N–H and O–H groups in total. The summed E-state index contributed by atoms with van der Waals surface area (Å²) in [5.41, 5.74) is 1.39. The first-order valence-corrected chi connectivity index (χ1v) is 8.19. The summed E-state index contributed by atoms with van der Waals surface area (Å²) in [6, 6.07) is 13.2. The van der Waals surface area contributed by atoms with E-state index in [-0.39, 0.29) is 0 Å². The third-order valence-corrected chi connectivity index (χ3v) is 4.50. The highest BCUT2D eigenvalue weighted by molar-refractivity contribution is 5.43. The summed E-state index contributed by atoms with van der Waals surface area (Å²) in [4.78, 5) is 15.8. The van der Waals surface area contributed by atoms with Gasteiger partial charge in [0.15, 0.2) is 0 Å². The number of anilines is 2. The Labute approximate surface area is 138 Å². The van der Waals surface area contributed by atoms with Crippen LogP contribution in [0, 0.1) is 0 Å². The monoisotopic (exact) mass is 311 g/mol. The zero-order chi connectivity index (χ0) is 16.2. The van der Waals surface area contributed by atoms with Crippen molar-refractivity contribution in [1.29, 1.82) is 0 Å². The second kappa shape index (κ2) is 6.96. The van der Waals surface area contributed by atoms with E-state index in [0.29, 0.717) is 6.04 Å². The molecule has 1 aliphatic heterocycles. The molecule has 0 bridgehead atoms. The van der Waals surface area contributed by atoms with Gasteiger partial charge >= 0.3 is 0 Å². The molecule has 1 saturated heterocycles. The van der Waals surface area contributed by atoms with Crippen molar-refractivity contribution < 1.29 is 0 Å². The Balaban J connectivity index is 1.63. The fourth-order valence-electron chi connectivity index (χ4n) is 3.01. The van der Waals surface area contributed by atoms with Crippen molar-refractivity contribution in [3.8, 4) is 0 Å². The molecule has 5 nitrogen and oxygen atoms in total. The van der Waals surface area contributed by atoms with Gasteiger partial charge in [-0.25, -0.2) is 4.98 Å². The van der Waals surface area contributed by atoms with Gasteiger partial charge in [0.25, 0.3) is 0 Å². The first kappa shape index (κ1) is 15.7. The van der Waals surface area contributed by atoms with Gasteiger partial charge in [0, 0.05) is 52.5 Å². The Hall–Kier alpha value is -2.14. The standard InChI is InChI=1S/C18H25N5/c1-15(16-7-5-4-6-8-16)22-11-13-23(14-12-22)17-9-10-19-18(20-17)21(2)3/h4-10,15H,11-14H2,1-3H3.